The molecule has 0 heterocycles. The second-order valence-electron chi connectivity index (χ2n) is 7.76. The van der Waals surface area contributed by atoms with Gasteiger partial charge in [0.05, 0.1) is 6.61 Å². The van der Waals surface area contributed by atoms with Crippen molar-refractivity contribution in [2.75, 3.05) is 18.1 Å². The number of esters is 1. The van der Waals surface area contributed by atoms with Crippen molar-refractivity contribution in [1.82, 2.24) is 0 Å². The summed E-state index contributed by atoms with van der Waals surface area (Å²) in [5.41, 5.74) is 1.63. The fourth-order valence-electron chi connectivity index (χ4n) is 2.00. The quantitative estimate of drug-likeness (QED) is 0.141. The Morgan fingerprint density at radius 1 is 0.958 bits per heavy atom. The van der Waals surface area contributed by atoms with Gasteiger partial charge in [-0.15, -0.1) is 0 Å². The predicted octanol–water partition coefficient (Wildman–Crippen LogP) is 7.04. The monoisotopic (exact) mass is 374 g/mol. The number of ether oxygens (including phenoxy) is 1. The van der Waals surface area contributed by atoms with Gasteiger partial charge in [0.1, 0.15) is 0 Å². The van der Waals surface area contributed by atoms with E-state index >= 15 is 0 Å². The molecule has 2 nitrogen and oxygen atoms in total. The molecule has 0 spiro atoms. The molecule has 24 heavy (non-hydrogen) atoms. The van der Waals surface area contributed by atoms with Crippen LogP contribution in [0.1, 0.15) is 86.0 Å². The van der Waals surface area contributed by atoms with Crippen LogP contribution in [0.25, 0.3) is 0 Å². The Morgan fingerprint density at radius 2 is 1.58 bits per heavy atom. The number of allylic oxidation sites excluding steroid dienone is 2. The van der Waals surface area contributed by atoms with Gasteiger partial charge in [-0.3, -0.25) is 4.79 Å². The molecule has 0 radical (unpaired) electrons. The summed E-state index contributed by atoms with van der Waals surface area (Å²) in [6, 6.07) is 0. The summed E-state index contributed by atoms with van der Waals surface area (Å²) in [6.45, 7) is 11.4. The average Bonchev–Trinajstić information content (AvgIpc) is 2.48. The minimum atomic E-state index is -0.0370. The Kier molecular flexibility index (Phi) is 15.1. The molecular formula is C20H38O2S2. The normalized spacial score (nSPS) is 11.4. The first-order chi connectivity index (χ1) is 11.3. The van der Waals surface area contributed by atoms with Crippen molar-refractivity contribution >= 4 is 27.6 Å². The zero-order valence-corrected chi connectivity index (χ0v) is 18.1. The lowest BCUT2D eigenvalue weighted by Gasteiger charge is -2.16. The predicted molar refractivity (Wildman–Crippen MR) is 112 cm³/mol. The van der Waals surface area contributed by atoms with Crippen molar-refractivity contribution < 1.29 is 9.53 Å². The fourth-order valence-corrected chi connectivity index (χ4v) is 4.26. The maximum absolute atomic E-state index is 11.6. The van der Waals surface area contributed by atoms with Crippen LogP contribution < -0.4 is 0 Å². The first-order valence-corrected chi connectivity index (χ1v) is 11.8. The van der Waals surface area contributed by atoms with Crippen molar-refractivity contribution in [2.24, 2.45) is 5.41 Å². The van der Waals surface area contributed by atoms with Crippen molar-refractivity contribution in [3.63, 3.8) is 0 Å². The zero-order chi connectivity index (χ0) is 18.3. The molecule has 0 aromatic rings. The molecule has 0 N–H and O–H groups in total. The first kappa shape index (κ1) is 23.9. The van der Waals surface area contributed by atoms with Gasteiger partial charge >= 0.3 is 5.97 Å². The molecular weight excluding hydrogens is 336 g/mol. The Morgan fingerprint density at radius 3 is 2.21 bits per heavy atom. The van der Waals surface area contributed by atoms with Crippen molar-refractivity contribution in [3.8, 4) is 0 Å². The highest BCUT2D eigenvalue weighted by Gasteiger charge is 2.13. The molecule has 0 rings (SSSR count). The summed E-state index contributed by atoms with van der Waals surface area (Å²) in [5.74, 6) is 2.45. The lowest BCUT2D eigenvalue weighted by Crippen LogP contribution is -2.11. The van der Waals surface area contributed by atoms with Gasteiger partial charge in [0, 0.05) is 17.9 Å². The summed E-state index contributed by atoms with van der Waals surface area (Å²) in [7, 11) is 4.00. The molecule has 0 fully saturated rings. The number of carbonyl (C=O) groups is 1. The molecule has 0 aliphatic rings. The van der Waals surface area contributed by atoms with Gasteiger partial charge in [-0.25, -0.2) is 0 Å². The van der Waals surface area contributed by atoms with Gasteiger partial charge in [-0.2, -0.15) is 0 Å². The molecule has 0 saturated heterocycles. The fraction of sp³-hybridized carbons (Fsp3) is 0.850. The van der Waals surface area contributed by atoms with Crippen LogP contribution in [0.15, 0.2) is 11.6 Å². The lowest BCUT2D eigenvalue weighted by molar-refractivity contribution is -0.144. The van der Waals surface area contributed by atoms with Gasteiger partial charge in [0.25, 0.3) is 0 Å². The Labute approximate surface area is 158 Å². The van der Waals surface area contributed by atoms with Crippen LogP contribution in [-0.4, -0.2) is 24.1 Å². The molecule has 0 bridgehead atoms. The van der Waals surface area contributed by atoms with Gasteiger partial charge < -0.3 is 4.74 Å². The lowest BCUT2D eigenvalue weighted by atomic mass is 9.91. The second kappa shape index (κ2) is 15.2. The van der Waals surface area contributed by atoms with E-state index in [1.165, 1.54) is 49.2 Å². The Balaban J connectivity index is 3.23. The van der Waals surface area contributed by atoms with Gasteiger partial charge in [0.15, 0.2) is 0 Å². The SMILES string of the molecule is CC(C)=CCCCSSCCCCCCOC(=O)CCC(C)(C)C. The van der Waals surface area contributed by atoms with Crippen LogP contribution in [0.4, 0.5) is 0 Å². The third kappa shape index (κ3) is 20.0. The molecule has 0 atom stereocenters. The third-order valence-electron chi connectivity index (χ3n) is 3.53. The second-order valence-corrected chi connectivity index (χ2v) is 10.5. The van der Waals surface area contributed by atoms with Gasteiger partial charge in [-0.1, -0.05) is 66.8 Å². The summed E-state index contributed by atoms with van der Waals surface area (Å²) >= 11 is 0. The molecule has 0 aromatic heterocycles. The summed E-state index contributed by atoms with van der Waals surface area (Å²) < 4.78 is 5.28. The first-order valence-electron chi connectivity index (χ1n) is 9.34. The zero-order valence-electron chi connectivity index (χ0n) is 16.5. The van der Waals surface area contributed by atoms with E-state index in [-0.39, 0.29) is 11.4 Å². The molecule has 0 saturated carbocycles. The van der Waals surface area contributed by atoms with Crippen molar-refractivity contribution in [2.45, 2.75) is 86.0 Å². The smallest absolute Gasteiger partial charge is 0.305 e. The van der Waals surface area contributed by atoms with E-state index in [4.69, 9.17) is 4.74 Å². The summed E-state index contributed by atoms with van der Waals surface area (Å²) in [6.07, 6.45) is 10.9. The number of rotatable bonds is 14. The van der Waals surface area contributed by atoms with Crippen LogP contribution in [0.5, 0.6) is 0 Å². The van der Waals surface area contributed by atoms with E-state index < -0.39 is 0 Å². The molecule has 0 aromatic carbocycles. The third-order valence-corrected chi connectivity index (χ3v) is 6.11. The molecule has 0 amide bonds. The van der Waals surface area contributed by atoms with E-state index in [1.54, 1.807) is 0 Å². The van der Waals surface area contributed by atoms with Gasteiger partial charge in [-0.05, 0) is 51.4 Å². The van der Waals surface area contributed by atoms with E-state index in [0.29, 0.717) is 13.0 Å². The average molecular weight is 375 g/mol. The number of unbranched alkanes of at least 4 members (excludes halogenated alkanes) is 4. The van der Waals surface area contributed by atoms with Crippen LogP contribution in [0, 0.1) is 5.41 Å². The van der Waals surface area contributed by atoms with Crippen molar-refractivity contribution in [1.29, 1.82) is 0 Å². The Hall–Kier alpha value is -0.0900. The standard InChI is InChI=1S/C20H38O2S2/c1-18(2)12-8-11-17-24-23-16-10-7-6-9-15-22-19(21)13-14-20(3,4)5/h12H,6-11,13-17H2,1-5H3. The van der Waals surface area contributed by atoms with Crippen LogP contribution in [0.2, 0.25) is 0 Å². The minimum absolute atomic E-state index is 0.0370. The summed E-state index contributed by atoms with van der Waals surface area (Å²) in [4.78, 5) is 11.6. The van der Waals surface area contributed by atoms with Gasteiger partial charge in [0.2, 0.25) is 0 Å². The Bertz CT molecular complexity index is 342. The maximum Gasteiger partial charge on any atom is 0.305 e. The largest absolute Gasteiger partial charge is 0.466 e. The van der Waals surface area contributed by atoms with Crippen LogP contribution in [0.3, 0.4) is 0 Å². The van der Waals surface area contributed by atoms with Crippen LogP contribution >= 0.6 is 21.6 Å². The highest BCUT2D eigenvalue weighted by molar-refractivity contribution is 8.76. The van der Waals surface area contributed by atoms with E-state index in [2.05, 4.69) is 40.7 Å². The van der Waals surface area contributed by atoms with E-state index in [9.17, 15) is 4.79 Å². The number of carbonyl (C=O) groups excluding carboxylic acids is 1. The summed E-state index contributed by atoms with van der Waals surface area (Å²) in [5, 5.41) is 0. The molecule has 4 heteroatoms. The number of hydrogen-bond acceptors (Lipinski definition) is 4. The molecule has 0 aliphatic carbocycles. The van der Waals surface area contributed by atoms with Crippen molar-refractivity contribution in [3.05, 3.63) is 11.6 Å². The minimum Gasteiger partial charge on any atom is -0.466 e. The van der Waals surface area contributed by atoms with E-state index in [1.807, 2.05) is 21.6 Å². The number of hydrogen-bond donors (Lipinski definition) is 0. The molecule has 142 valence electrons. The maximum atomic E-state index is 11.6. The highest BCUT2D eigenvalue weighted by Crippen LogP contribution is 2.24. The van der Waals surface area contributed by atoms with Crippen LogP contribution in [-0.2, 0) is 9.53 Å². The molecule has 0 aliphatic heterocycles. The topological polar surface area (TPSA) is 26.3 Å². The van der Waals surface area contributed by atoms with E-state index in [0.717, 1.165) is 12.8 Å². The molecule has 0 unspecified atom stereocenters. The highest BCUT2D eigenvalue weighted by atomic mass is 33.1.